The fourth-order valence-electron chi connectivity index (χ4n) is 2.47. The van der Waals surface area contributed by atoms with Crippen LogP contribution in [-0.4, -0.2) is 10.9 Å². The lowest BCUT2D eigenvalue weighted by Crippen LogP contribution is -2.22. The summed E-state index contributed by atoms with van der Waals surface area (Å²) in [4.78, 5) is 13.0. The lowest BCUT2D eigenvalue weighted by molar-refractivity contribution is 0.103. The summed E-state index contributed by atoms with van der Waals surface area (Å²) < 4.78 is 0. The van der Waals surface area contributed by atoms with Gasteiger partial charge < -0.3 is 11.1 Å². The van der Waals surface area contributed by atoms with Crippen LogP contribution in [0.25, 0.3) is 0 Å². The number of carbonyl (C=O) groups is 1. The number of thiocarbonyl (C=S) groups is 1. The Labute approximate surface area is 136 Å². The highest BCUT2D eigenvalue weighted by Gasteiger charge is 2.21. The maximum atomic E-state index is 13.0. The molecular weight excluding hydrogens is 292 g/mol. The van der Waals surface area contributed by atoms with Gasteiger partial charge in [0.2, 0.25) is 0 Å². The fraction of sp³-hybridized carbons (Fsp3) is 0.222. The predicted octanol–water partition coefficient (Wildman–Crippen LogP) is 4.00. The molecule has 22 heavy (non-hydrogen) atoms. The number of nitrogens with two attached hydrogens (primary N) is 1. The molecule has 0 heterocycles. The molecule has 2 aromatic carbocycles. The van der Waals surface area contributed by atoms with E-state index in [1.54, 1.807) is 0 Å². The van der Waals surface area contributed by atoms with Crippen LogP contribution in [0, 0.1) is 6.92 Å². The minimum absolute atomic E-state index is 0.0215. The molecule has 114 valence electrons. The van der Waals surface area contributed by atoms with E-state index in [-0.39, 0.29) is 16.8 Å². The molecule has 0 fully saturated rings. The first-order valence-electron chi connectivity index (χ1n) is 7.21. The first-order chi connectivity index (χ1) is 10.4. The molecule has 0 aliphatic carbocycles. The van der Waals surface area contributed by atoms with E-state index in [9.17, 15) is 4.79 Å². The summed E-state index contributed by atoms with van der Waals surface area (Å²) in [6.07, 6.45) is 0. The van der Waals surface area contributed by atoms with E-state index in [0.29, 0.717) is 16.8 Å². The van der Waals surface area contributed by atoms with Crippen molar-refractivity contribution in [2.24, 2.45) is 5.73 Å². The molecule has 0 bridgehead atoms. The highest BCUT2D eigenvalue weighted by molar-refractivity contribution is 7.80. The average Bonchev–Trinajstić information content (AvgIpc) is 2.48. The molecule has 0 atom stereocenters. The summed E-state index contributed by atoms with van der Waals surface area (Å²) >= 11 is 4.96. The van der Waals surface area contributed by atoms with Crippen molar-refractivity contribution in [2.45, 2.75) is 26.7 Å². The average molecular weight is 312 g/mol. The molecule has 0 aromatic heterocycles. The van der Waals surface area contributed by atoms with E-state index in [1.807, 2.05) is 49.4 Å². The van der Waals surface area contributed by atoms with Gasteiger partial charge in [0, 0.05) is 11.1 Å². The van der Waals surface area contributed by atoms with Crippen LogP contribution >= 0.6 is 12.2 Å². The van der Waals surface area contributed by atoms with Gasteiger partial charge in [0.05, 0.1) is 5.69 Å². The van der Waals surface area contributed by atoms with Crippen molar-refractivity contribution in [2.75, 3.05) is 5.32 Å². The van der Waals surface area contributed by atoms with Gasteiger partial charge in [-0.3, -0.25) is 4.79 Å². The van der Waals surface area contributed by atoms with Gasteiger partial charge in [-0.25, -0.2) is 0 Å². The highest BCUT2D eigenvalue weighted by atomic mass is 32.1. The Morgan fingerprint density at radius 2 is 1.77 bits per heavy atom. The third-order valence-electron chi connectivity index (χ3n) is 3.58. The Kier molecular flexibility index (Phi) is 4.93. The Morgan fingerprint density at radius 3 is 2.32 bits per heavy atom. The largest absolute Gasteiger partial charge is 0.376 e. The van der Waals surface area contributed by atoms with Gasteiger partial charge in [-0.1, -0.05) is 56.3 Å². The summed E-state index contributed by atoms with van der Waals surface area (Å²) in [6, 6.07) is 13.2. The molecule has 0 aliphatic heterocycles. The Hall–Kier alpha value is -2.20. The Morgan fingerprint density at radius 1 is 1.14 bits per heavy atom. The molecule has 0 aliphatic rings. The van der Waals surface area contributed by atoms with E-state index in [0.717, 1.165) is 11.1 Å². The van der Waals surface area contributed by atoms with Gasteiger partial charge in [-0.2, -0.15) is 0 Å². The predicted molar refractivity (Wildman–Crippen MR) is 95.6 cm³/mol. The molecule has 0 saturated carbocycles. The molecule has 2 rings (SSSR count). The second-order valence-corrected chi connectivity index (χ2v) is 6.00. The number of anilines is 1. The van der Waals surface area contributed by atoms with Crippen LogP contribution in [0.3, 0.4) is 0 Å². The molecule has 3 N–H and O–H groups in total. The van der Waals surface area contributed by atoms with Crippen molar-refractivity contribution in [3.63, 3.8) is 0 Å². The summed E-state index contributed by atoms with van der Waals surface area (Å²) in [6.45, 7) is 6.07. The molecule has 0 spiro atoms. The molecule has 0 radical (unpaired) electrons. The smallest absolute Gasteiger partial charge is 0.195 e. The van der Waals surface area contributed by atoms with Gasteiger partial charge in [0.1, 0.15) is 0 Å². The number of benzene rings is 2. The van der Waals surface area contributed by atoms with Crippen LogP contribution in [0.4, 0.5) is 5.69 Å². The normalized spacial score (nSPS) is 10.5. The van der Waals surface area contributed by atoms with E-state index in [1.165, 1.54) is 0 Å². The molecule has 0 unspecified atom stereocenters. The van der Waals surface area contributed by atoms with E-state index < -0.39 is 0 Å². The number of carbonyl (C=O) groups excluding carboxylic acids is 1. The minimum atomic E-state index is -0.0215. The number of rotatable bonds is 4. The van der Waals surface area contributed by atoms with Gasteiger partial charge in [-0.15, -0.1) is 0 Å². The second-order valence-electron chi connectivity index (χ2n) is 5.56. The lowest BCUT2D eigenvalue weighted by atomic mass is 9.89. The molecule has 2 aromatic rings. The highest BCUT2D eigenvalue weighted by Crippen LogP contribution is 2.31. The Bertz CT molecular complexity index is 709. The number of hydrogen-bond donors (Lipinski definition) is 2. The number of ketones is 1. The van der Waals surface area contributed by atoms with Crippen LogP contribution in [0.1, 0.15) is 46.8 Å². The summed E-state index contributed by atoms with van der Waals surface area (Å²) in [5, 5.41) is 3.13. The molecule has 4 heteroatoms. The first-order valence-corrected chi connectivity index (χ1v) is 7.62. The van der Waals surface area contributed by atoms with Crippen molar-refractivity contribution < 1.29 is 4.79 Å². The monoisotopic (exact) mass is 312 g/mol. The summed E-state index contributed by atoms with van der Waals surface area (Å²) in [5.74, 6) is 0.196. The van der Waals surface area contributed by atoms with Gasteiger partial charge >= 0.3 is 0 Å². The Balaban J connectivity index is 2.67. The maximum Gasteiger partial charge on any atom is 0.195 e. The van der Waals surface area contributed by atoms with Crippen molar-refractivity contribution in [1.82, 2.24) is 0 Å². The lowest BCUT2D eigenvalue weighted by Gasteiger charge is -2.19. The van der Waals surface area contributed by atoms with Crippen LogP contribution < -0.4 is 11.1 Å². The zero-order valence-electron chi connectivity index (χ0n) is 13.0. The van der Waals surface area contributed by atoms with Crippen LogP contribution in [0.5, 0.6) is 0 Å². The number of nitrogens with one attached hydrogen (secondary N) is 1. The van der Waals surface area contributed by atoms with Crippen molar-refractivity contribution in [3.05, 3.63) is 64.7 Å². The zero-order valence-corrected chi connectivity index (χ0v) is 13.8. The molecule has 0 saturated heterocycles. The zero-order chi connectivity index (χ0) is 16.3. The molecular formula is C18H20N2OS. The minimum Gasteiger partial charge on any atom is -0.376 e. The maximum absolute atomic E-state index is 13.0. The SMILES string of the molecule is Cc1ccc(C(C)C)c(C(=O)c2ccccc2)c1NC(N)=S. The van der Waals surface area contributed by atoms with Gasteiger partial charge in [0.15, 0.2) is 10.9 Å². The molecule has 3 nitrogen and oxygen atoms in total. The molecule has 0 amide bonds. The summed E-state index contributed by atoms with van der Waals surface area (Å²) in [7, 11) is 0. The quantitative estimate of drug-likeness (QED) is 0.662. The third-order valence-corrected chi connectivity index (χ3v) is 3.68. The fourth-order valence-corrected chi connectivity index (χ4v) is 2.57. The van der Waals surface area contributed by atoms with Crippen LogP contribution in [0.2, 0.25) is 0 Å². The van der Waals surface area contributed by atoms with E-state index in [2.05, 4.69) is 19.2 Å². The van der Waals surface area contributed by atoms with Gasteiger partial charge in [0.25, 0.3) is 0 Å². The topological polar surface area (TPSA) is 55.1 Å². The standard InChI is InChI=1S/C18H20N2OS/c1-11(2)14-10-9-12(3)16(20-18(19)22)15(14)17(21)13-7-5-4-6-8-13/h4-11H,1-3H3,(H3,19,20,22). The van der Waals surface area contributed by atoms with E-state index >= 15 is 0 Å². The number of aryl methyl sites for hydroxylation is 1. The van der Waals surface area contributed by atoms with Crippen molar-refractivity contribution in [1.29, 1.82) is 0 Å². The van der Waals surface area contributed by atoms with E-state index in [4.69, 9.17) is 18.0 Å². The van der Waals surface area contributed by atoms with Crippen LogP contribution in [0.15, 0.2) is 42.5 Å². The van der Waals surface area contributed by atoms with Gasteiger partial charge in [-0.05, 0) is 36.2 Å². The first kappa shape index (κ1) is 16.2. The number of hydrogen-bond acceptors (Lipinski definition) is 2. The van der Waals surface area contributed by atoms with Crippen LogP contribution in [-0.2, 0) is 0 Å². The second kappa shape index (κ2) is 6.71. The van der Waals surface area contributed by atoms with Crippen molar-refractivity contribution in [3.8, 4) is 0 Å². The third kappa shape index (κ3) is 3.34. The van der Waals surface area contributed by atoms with Crippen molar-refractivity contribution >= 4 is 28.8 Å². The summed E-state index contributed by atoms with van der Waals surface area (Å²) in [5.41, 5.74) is 9.56.